The van der Waals surface area contributed by atoms with Crippen molar-refractivity contribution in [3.63, 3.8) is 0 Å². The Morgan fingerprint density at radius 1 is 1.38 bits per heavy atom. The third-order valence-electron chi connectivity index (χ3n) is 2.63. The van der Waals surface area contributed by atoms with Gasteiger partial charge in [-0.2, -0.15) is 0 Å². The summed E-state index contributed by atoms with van der Waals surface area (Å²) in [5.41, 5.74) is 0. The summed E-state index contributed by atoms with van der Waals surface area (Å²) in [5.74, 6) is -0.157. The Labute approximate surface area is 99.3 Å². The van der Waals surface area contributed by atoms with Crippen LogP contribution in [0.4, 0.5) is 4.39 Å². The van der Waals surface area contributed by atoms with Gasteiger partial charge in [0, 0.05) is 15.6 Å². The van der Waals surface area contributed by atoms with Crippen molar-refractivity contribution in [3.05, 3.63) is 35.0 Å². The van der Waals surface area contributed by atoms with E-state index in [1.54, 1.807) is 17.4 Å². The van der Waals surface area contributed by atoms with Gasteiger partial charge in [-0.3, -0.25) is 0 Å². The van der Waals surface area contributed by atoms with Crippen LogP contribution in [0.5, 0.6) is 0 Å². The molecule has 3 heteroatoms. The fraction of sp³-hybridized carbons (Fsp3) is 0.385. The molecule has 0 bridgehead atoms. The minimum absolute atomic E-state index is 0.157. The lowest BCUT2D eigenvalue weighted by molar-refractivity contribution is 0.578. The van der Waals surface area contributed by atoms with E-state index in [0.717, 1.165) is 23.1 Å². The number of halogens is 1. The summed E-state index contributed by atoms with van der Waals surface area (Å²) < 4.78 is 14.1. The lowest BCUT2D eigenvalue weighted by Crippen LogP contribution is -2.18. The first-order valence-corrected chi connectivity index (χ1v) is 6.44. The summed E-state index contributed by atoms with van der Waals surface area (Å²) in [4.78, 5) is 1.27. The van der Waals surface area contributed by atoms with E-state index in [2.05, 4.69) is 25.2 Å². The highest BCUT2D eigenvalue weighted by molar-refractivity contribution is 7.19. The molecule has 0 spiro atoms. The number of nitrogens with one attached hydrogen (secondary N) is 1. The third kappa shape index (κ3) is 2.42. The molecule has 1 N–H and O–H groups in total. The second kappa shape index (κ2) is 4.93. The lowest BCUT2D eigenvalue weighted by Gasteiger charge is -2.10. The van der Waals surface area contributed by atoms with Crippen LogP contribution in [0.25, 0.3) is 10.1 Å². The molecule has 0 aliphatic heterocycles. The van der Waals surface area contributed by atoms with Crippen LogP contribution in [0.3, 0.4) is 0 Å². The molecule has 0 saturated carbocycles. The van der Waals surface area contributed by atoms with Crippen LogP contribution in [-0.2, 0) is 0 Å². The second-order valence-electron chi connectivity index (χ2n) is 4.01. The minimum atomic E-state index is -0.157. The largest absolute Gasteiger partial charge is 0.309 e. The second-order valence-corrected chi connectivity index (χ2v) is 5.12. The highest BCUT2D eigenvalue weighted by Crippen LogP contribution is 2.30. The van der Waals surface area contributed by atoms with Gasteiger partial charge >= 0.3 is 0 Å². The molecule has 1 unspecified atom stereocenters. The van der Waals surface area contributed by atoms with E-state index in [1.165, 1.54) is 10.9 Å². The van der Waals surface area contributed by atoms with Crippen LogP contribution in [0.15, 0.2) is 24.3 Å². The van der Waals surface area contributed by atoms with Crippen LogP contribution in [0.2, 0.25) is 0 Å². The monoisotopic (exact) mass is 237 g/mol. The number of fused-ring (bicyclic) bond motifs is 1. The van der Waals surface area contributed by atoms with E-state index in [0.29, 0.717) is 6.04 Å². The fourth-order valence-electron chi connectivity index (χ4n) is 1.70. The van der Waals surface area contributed by atoms with E-state index in [-0.39, 0.29) is 5.82 Å². The molecule has 1 heterocycles. The van der Waals surface area contributed by atoms with E-state index in [1.807, 2.05) is 6.07 Å². The van der Waals surface area contributed by atoms with Gasteiger partial charge < -0.3 is 5.32 Å². The standard InChI is InChI=1S/C13H16FNS/c1-3-6-15-9(2)12-7-10-4-5-11(14)8-13(10)16-12/h4-5,7-9,15H,3,6H2,1-2H3. The van der Waals surface area contributed by atoms with Crippen LogP contribution in [0, 0.1) is 5.82 Å². The van der Waals surface area contributed by atoms with Crippen LogP contribution in [-0.4, -0.2) is 6.54 Å². The molecule has 1 nitrogen and oxygen atoms in total. The molecule has 0 aliphatic rings. The summed E-state index contributed by atoms with van der Waals surface area (Å²) in [6.45, 7) is 5.32. The van der Waals surface area contributed by atoms with Crippen molar-refractivity contribution in [2.45, 2.75) is 26.3 Å². The van der Waals surface area contributed by atoms with Crippen LogP contribution in [0.1, 0.15) is 31.2 Å². The zero-order valence-electron chi connectivity index (χ0n) is 9.59. The number of thiophene rings is 1. The van der Waals surface area contributed by atoms with Crippen molar-refractivity contribution in [1.82, 2.24) is 5.32 Å². The topological polar surface area (TPSA) is 12.0 Å². The molecule has 2 aromatic rings. The van der Waals surface area contributed by atoms with Crippen molar-refractivity contribution in [2.75, 3.05) is 6.54 Å². The van der Waals surface area contributed by atoms with Crippen molar-refractivity contribution < 1.29 is 4.39 Å². The molecular formula is C13H16FNS. The van der Waals surface area contributed by atoms with Gasteiger partial charge in [0.25, 0.3) is 0 Å². The zero-order valence-corrected chi connectivity index (χ0v) is 10.4. The SMILES string of the molecule is CCCNC(C)c1cc2ccc(F)cc2s1. The maximum atomic E-state index is 13.0. The Morgan fingerprint density at radius 3 is 2.94 bits per heavy atom. The lowest BCUT2D eigenvalue weighted by atomic mass is 10.2. The van der Waals surface area contributed by atoms with Crippen molar-refractivity contribution >= 4 is 21.4 Å². The average molecular weight is 237 g/mol. The summed E-state index contributed by atoms with van der Waals surface area (Å²) in [6.07, 6.45) is 1.13. The molecule has 0 fully saturated rings. The molecule has 16 heavy (non-hydrogen) atoms. The molecular weight excluding hydrogens is 221 g/mol. The Bertz CT molecular complexity index is 478. The molecule has 0 saturated heterocycles. The predicted molar refractivity (Wildman–Crippen MR) is 68.5 cm³/mol. The van der Waals surface area contributed by atoms with Gasteiger partial charge in [-0.1, -0.05) is 13.0 Å². The first-order chi connectivity index (χ1) is 7.70. The van der Waals surface area contributed by atoms with Gasteiger partial charge in [-0.05, 0) is 43.5 Å². The Balaban J connectivity index is 2.25. The van der Waals surface area contributed by atoms with Crippen molar-refractivity contribution in [3.8, 4) is 0 Å². The number of hydrogen-bond acceptors (Lipinski definition) is 2. The first kappa shape index (κ1) is 11.6. The molecule has 86 valence electrons. The van der Waals surface area contributed by atoms with E-state index in [4.69, 9.17) is 0 Å². The van der Waals surface area contributed by atoms with Crippen LogP contribution >= 0.6 is 11.3 Å². The van der Waals surface area contributed by atoms with Gasteiger partial charge in [0.05, 0.1) is 0 Å². The van der Waals surface area contributed by atoms with Gasteiger partial charge in [-0.15, -0.1) is 11.3 Å². The molecule has 1 aromatic heterocycles. The molecule has 1 atom stereocenters. The highest BCUT2D eigenvalue weighted by Gasteiger charge is 2.08. The van der Waals surface area contributed by atoms with E-state index < -0.39 is 0 Å². The molecule has 2 rings (SSSR count). The van der Waals surface area contributed by atoms with Crippen molar-refractivity contribution in [2.24, 2.45) is 0 Å². The fourth-order valence-corrected chi connectivity index (χ4v) is 2.82. The van der Waals surface area contributed by atoms with Crippen LogP contribution < -0.4 is 5.32 Å². The van der Waals surface area contributed by atoms with E-state index in [9.17, 15) is 4.39 Å². The van der Waals surface area contributed by atoms with Crippen molar-refractivity contribution in [1.29, 1.82) is 0 Å². The summed E-state index contributed by atoms with van der Waals surface area (Å²) in [6, 6.07) is 7.46. The summed E-state index contributed by atoms with van der Waals surface area (Å²) in [5, 5.41) is 4.57. The quantitative estimate of drug-likeness (QED) is 0.844. The van der Waals surface area contributed by atoms with Gasteiger partial charge in [-0.25, -0.2) is 4.39 Å². The normalized spacial score (nSPS) is 13.2. The maximum Gasteiger partial charge on any atom is 0.124 e. The van der Waals surface area contributed by atoms with Gasteiger partial charge in [0.2, 0.25) is 0 Å². The first-order valence-electron chi connectivity index (χ1n) is 5.63. The predicted octanol–water partition coefficient (Wildman–Crippen LogP) is 4.10. The zero-order chi connectivity index (χ0) is 11.5. The Morgan fingerprint density at radius 2 is 2.19 bits per heavy atom. The molecule has 0 aliphatic carbocycles. The van der Waals surface area contributed by atoms with Gasteiger partial charge in [0.1, 0.15) is 5.82 Å². The number of hydrogen-bond donors (Lipinski definition) is 1. The third-order valence-corrected chi connectivity index (χ3v) is 3.91. The van der Waals surface area contributed by atoms with E-state index >= 15 is 0 Å². The average Bonchev–Trinajstić information content (AvgIpc) is 2.68. The molecule has 0 radical (unpaired) electrons. The summed E-state index contributed by atoms with van der Waals surface area (Å²) >= 11 is 1.67. The highest BCUT2D eigenvalue weighted by atomic mass is 32.1. The number of benzene rings is 1. The summed E-state index contributed by atoms with van der Waals surface area (Å²) in [7, 11) is 0. The minimum Gasteiger partial charge on any atom is -0.309 e. The molecule has 1 aromatic carbocycles. The number of rotatable bonds is 4. The van der Waals surface area contributed by atoms with Gasteiger partial charge in [0.15, 0.2) is 0 Å². The Kier molecular flexibility index (Phi) is 3.56. The maximum absolute atomic E-state index is 13.0. The Hall–Kier alpha value is -0.930. The molecule has 0 amide bonds. The smallest absolute Gasteiger partial charge is 0.124 e.